The van der Waals surface area contributed by atoms with Crippen LogP contribution in [0.1, 0.15) is 11.1 Å². The molecule has 0 amide bonds. The number of para-hydroxylation sites is 3. The van der Waals surface area contributed by atoms with Gasteiger partial charge in [0, 0.05) is 33.5 Å². The van der Waals surface area contributed by atoms with Crippen molar-refractivity contribution in [3.05, 3.63) is 278 Å². The van der Waals surface area contributed by atoms with Crippen molar-refractivity contribution in [1.29, 1.82) is 0 Å². The van der Waals surface area contributed by atoms with Gasteiger partial charge in [0.1, 0.15) is 0 Å². The topological polar surface area (TPSA) is 8.17 Å². The number of nitrogens with zero attached hydrogens (tertiary/aromatic N) is 2. The molecule has 2 heteroatoms. The number of rotatable bonds is 9. The smallest absolute Gasteiger partial charge is 0.0547 e. The normalized spacial score (nSPS) is 11.7. The van der Waals surface area contributed by atoms with Crippen LogP contribution >= 0.6 is 0 Å². The highest BCUT2D eigenvalue weighted by Gasteiger charge is 2.23. The number of benzene rings is 11. The Morgan fingerprint density at radius 1 is 0.275 bits per heavy atom. The molecule has 1 heterocycles. The third-order valence-electron chi connectivity index (χ3n) is 14.0. The summed E-state index contributed by atoms with van der Waals surface area (Å²) >= 11 is 0. The van der Waals surface area contributed by atoms with Gasteiger partial charge in [0.25, 0.3) is 0 Å². The van der Waals surface area contributed by atoms with Gasteiger partial charge in [-0.2, -0.15) is 0 Å². The van der Waals surface area contributed by atoms with Crippen LogP contribution in [0.4, 0.5) is 17.1 Å². The monoisotopic (exact) mass is 878 g/mol. The van der Waals surface area contributed by atoms with Crippen molar-refractivity contribution in [2.75, 3.05) is 4.90 Å². The van der Waals surface area contributed by atoms with E-state index in [0.29, 0.717) is 0 Å². The van der Waals surface area contributed by atoms with E-state index in [1.807, 2.05) is 0 Å². The number of hydrogen-bond acceptors (Lipinski definition) is 1. The molecule has 12 aromatic rings. The molecule has 0 atom stereocenters. The van der Waals surface area contributed by atoms with Gasteiger partial charge in [-0.25, -0.2) is 0 Å². The standard InChI is InChI=1S/C67H46N2/c1-4-16-46(17-5-1)47-32-36-59(37-33-47)68(57-24-6-2-7-25-57)60-28-14-21-51(44-60)50-20-13-22-54(41-50)61-30-15-23-55-43-56-42-52(34-38-62(56)67(55)61)48-18-12-19-49(40-48)53-35-39-64-63-29-10-11-31-65(63)69(66(64)45-53)58-26-8-3-9-27-58/h1-42,44-45H,43H2. The molecule has 0 N–H and O–H groups in total. The van der Waals surface area contributed by atoms with Crippen molar-refractivity contribution >= 4 is 38.9 Å². The predicted octanol–water partition coefficient (Wildman–Crippen LogP) is 18.2. The number of anilines is 3. The van der Waals surface area contributed by atoms with Crippen LogP contribution in [-0.4, -0.2) is 4.57 Å². The lowest BCUT2D eigenvalue weighted by atomic mass is 9.91. The summed E-state index contributed by atoms with van der Waals surface area (Å²) in [6.45, 7) is 0. The predicted molar refractivity (Wildman–Crippen MR) is 291 cm³/mol. The Kier molecular flexibility index (Phi) is 9.95. The van der Waals surface area contributed by atoms with Crippen LogP contribution in [-0.2, 0) is 6.42 Å². The van der Waals surface area contributed by atoms with E-state index in [2.05, 4.69) is 276 Å². The molecule has 1 aromatic heterocycles. The molecule has 1 aliphatic carbocycles. The van der Waals surface area contributed by atoms with Gasteiger partial charge in [-0.3, -0.25) is 0 Å². The minimum Gasteiger partial charge on any atom is -0.310 e. The molecule has 0 aliphatic heterocycles. The first-order valence-electron chi connectivity index (χ1n) is 23.9. The van der Waals surface area contributed by atoms with Gasteiger partial charge in [0.15, 0.2) is 0 Å². The summed E-state index contributed by atoms with van der Waals surface area (Å²) in [6, 6.07) is 97.5. The van der Waals surface area contributed by atoms with Crippen LogP contribution in [0, 0.1) is 0 Å². The van der Waals surface area contributed by atoms with Crippen molar-refractivity contribution < 1.29 is 0 Å². The van der Waals surface area contributed by atoms with Gasteiger partial charge in [-0.05, 0) is 157 Å². The van der Waals surface area contributed by atoms with Crippen molar-refractivity contribution in [2.45, 2.75) is 6.42 Å². The number of aromatic nitrogens is 1. The zero-order valence-electron chi connectivity index (χ0n) is 38.0. The second kappa shape index (κ2) is 17.0. The third kappa shape index (κ3) is 7.31. The summed E-state index contributed by atoms with van der Waals surface area (Å²) in [7, 11) is 0. The van der Waals surface area contributed by atoms with Crippen LogP contribution in [0.5, 0.6) is 0 Å². The number of hydrogen-bond donors (Lipinski definition) is 0. The second-order valence-corrected chi connectivity index (χ2v) is 18.1. The molecule has 11 aromatic carbocycles. The Labute approximate surface area is 403 Å². The van der Waals surface area contributed by atoms with Crippen molar-refractivity contribution in [1.82, 2.24) is 4.57 Å². The molecule has 0 spiro atoms. The fraction of sp³-hybridized carbons (Fsp3) is 0.0149. The fourth-order valence-electron chi connectivity index (χ4n) is 10.7. The van der Waals surface area contributed by atoms with Gasteiger partial charge in [-0.15, -0.1) is 0 Å². The lowest BCUT2D eigenvalue weighted by Gasteiger charge is -2.26. The van der Waals surface area contributed by atoms with Crippen molar-refractivity contribution in [3.63, 3.8) is 0 Å². The average Bonchev–Trinajstić information content (AvgIpc) is 3.97. The summed E-state index contributed by atoms with van der Waals surface area (Å²) in [5.41, 5.74) is 24.5. The van der Waals surface area contributed by atoms with E-state index in [0.717, 1.165) is 23.5 Å². The quantitative estimate of drug-likeness (QED) is 0.140. The van der Waals surface area contributed by atoms with Crippen LogP contribution in [0.3, 0.4) is 0 Å². The molecule has 0 saturated heterocycles. The molecule has 0 saturated carbocycles. The maximum atomic E-state index is 2.42. The lowest BCUT2D eigenvalue weighted by molar-refractivity contribution is 1.18. The van der Waals surface area contributed by atoms with E-state index >= 15 is 0 Å². The molecular formula is C67H46N2. The molecule has 69 heavy (non-hydrogen) atoms. The zero-order valence-corrected chi connectivity index (χ0v) is 38.0. The minimum atomic E-state index is 0.913. The third-order valence-corrected chi connectivity index (χ3v) is 14.0. The van der Waals surface area contributed by atoms with Gasteiger partial charge in [0.2, 0.25) is 0 Å². The van der Waals surface area contributed by atoms with Crippen molar-refractivity contribution in [2.24, 2.45) is 0 Å². The van der Waals surface area contributed by atoms with Crippen LogP contribution < -0.4 is 4.90 Å². The molecule has 1 aliphatic rings. The summed E-state index contributed by atoms with van der Waals surface area (Å²) in [5, 5.41) is 2.53. The van der Waals surface area contributed by atoms with Crippen LogP contribution in [0.25, 0.3) is 94.3 Å². The van der Waals surface area contributed by atoms with E-state index in [9.17, 15) is 0 Å². The summed E-state index contributed by atoms with van der Waals surface area (Å²) in [6.07, 6.45) is 0.913. The molecule has 0 radical (unpaired) electrons. The van der Waals surface area contributed by atoms with E-state index in [4.69, 9.17) is 0 Å². The minimum absolute atomic E-state index is 0.913. The van der Waals surface area contributed by atoms with E-state index in [-0.39, 0.29) is 0 Å². The van der Waals surface area contributed by atoms with Gasteiger partial charge in [0.05, 0.1) is 11.0 Å². The van der Waals surface area contributed by atoms with Crippen molar-refractivity contribution in [3.8, 4) is 72.4 Å². The van der Waals surface area contributed by atoms with Crippen LogP contribution in [0.15, 0.2) is 267 Å². The molecule has 324 valence electrons. The Morgan fingerprint density at radius 3 is 1.55 bits per heavy atom. The lowest BCUT2D eigenvalue weighted by Crippen LogP contribution is -2.09. The highest BCUT2D eigenvalue weighted by molar-refractivity contribution is 6.10. The van der Waals surface area contributed by atoms with E-state index < -0.39 is 0 Å². The molecule has 0 bridgehead atoms. The molecule has 2 nitrogen and oxygen atoms in total. The fourth-order valence-corrected chi connectivity index (χ4v) is 10.7. The first kappa shape index (κ1) is 40.3. The highest BCUT2D eigenvalue weighted by atomic mass is 15.1. The largest absolute Gasteiger partial charge is 0.310 e. The Bertz CT molecular complexity index is 3850. The maximum absolute atomic E-state index is 2.42. The van der Waals surface area contributed by atoms with E-state index in [1.165, 1.54) is 105 Å². The van der Waals surface area contributed by atoms with Gasteiger partial charge < -0.3 is 9.47 Å². The first-order valence-corrected chi connectivity index (χ1v) is 23.9. The van der Waals surface area contributed by atoms with E-state index in [1.54, 1.807) is 0 Å². The average molecular weight is 879 g/mol. The summed E-state index contributed by atoms with van der Waals surface area (Å²) < 4.78 is 2.39. The van der Waals surface area contributed by atoms with Gasteiger partial charge in [-0.1, -0.05) is 194 Å². The SMILES string of the molecule is c1ccc(-c2ccc(N(c3ccccc3)c3cccc(-c4cccc(-c5cccc6c5-c5ccc(-c7cccc(-c8ccc9c%10ccccc%10n(-c%10ccccc%10)c9c8)c7)cc5C6)c4)c3)cc2)cc1. The summed E-state index contributed by atoms with van der Waals surface area (Å²) in [5.74, 6) is 0. The summed E-state index contributed by atoms with van der Waals surface area (Å²) in [4.78, 5) is 2.35. The molecule has 0 fully saturated rings. The van der Waals surface area contributed by atoms with Gasteiger partial charge >= 0.3 is 0 Å². The second-order valence-electron chi connectivity index (χ2n) is 18.1. The Hall–Kier alpha value is -8.98. The first-order chi connectivity index (χ1) is 34.2. The highest BCUT2D eigenvalue weighted by Crippen LogP contribution is 2.46. The number of fused-ring (bicyclic) bond motifs is 6. The zero-order chi connectivity index (χ0) is 45.7. The Balaban J connectivity index is 0.814. The van der Waals surface area contributed by atoms with Crippen LogP contribution in [0.2, 0.25) is 0 Å². The Morgan fingerprint density at radius 2 is 0.783 bits per heavy atom. The molecule has 0 unspecified atom stereocenters. The molecule has 13 rings (SSSR count). The molecular weight excluding hydrogens is 833 g/mol. The maximum Gasteiger partial charge on any atom is 0.0547 e.